The highest BCUT2D eigenvalue weighted by molar-refractivity contribution is 5.55. The normalized spacial score (nSPS) is 17.2. The third-order valence-corrected chi connectivity index (χ3v) is 3.70. The monoisotopic (exact) mass is 273 g/mol. The average molecular weight is 273 g/mol. The van der Waals surface area contributed by atoms with Crippen molar-refractivity contribution < 1.29 is 9.47 Å². The summed E-state index contributed by atoms with van der Waals surface area (Å²) < 4.78 is 11.0. The van der Waals surface area contributed by atoms with Crippen molar-refractivity contribution in [2.75, 3.05) is 19.0 Å². The summed E-state index contributed by atoms with van der Waals surface area (Å²) in [5.74, 6) is 1.77. The van der Waals surface area contributed by atoms with Crippen LogP contribution < -0.4 is 14.8 Å². The van der Waals surface area contributed by atoms with Gasteiger partial charge in [-0.15, -0.1) is 0 Å². The Morgan fingerprint density at radius 1 is 1.40 bits per heavy atom. The summed E-state index contributed by atoms with van der Waals surface area (Å²) in [5, 5.41) is 10.8. The molecule has 1 unspecified atom stereocenters. The molecule has 0 bridgehead atoms. The maximum Gasteiger partial charge on any atom is 0.124 e. The van der Waals surface area contributed by atoms with Crippen molar-refractivity contribution in [3.8, 4) is 11.5 Å². The second-order valence-electron chi connectivity index (χ2n) is 5.05. The van der Waals surface area contributed by atoms with Crippen LogP contribution in [0.4, 0.5) is 5.69 Å². The highest BCUT2D eigenvalue weighted by Crippen LogP contribution is 2.37. The summed E-state index contributed by atoms with van der Waals surface area (Å²) in [7, 11) is 1.68. The first-order chi connectivity index (χ1) is 9.69. The van der Waals surface area contributed by atoms with Gasteiger partial charge in [0.2, 0.25) is 0 Å². The minimum Gasteiger partial charge on any atom is -0.497 e. The summed E-state index contributed by atoms with van der Waals surface area (Å²) in [4.78, 5) is 0. The summed E-state index contributed by atoms with van der Waals surface area (Å²) in [6, 6.07) is 6.15. The van der Waals surface area contributed by atoms with Gasteiger partial charge in [0.05, 0.1) is 36.8 Å². The molecule has 1 aliphatic rings. The Hall–Kier alpha value is -2.17. The number of anilines is 1. The summed E-state index contributed by atoms with van der Waals surface area (Å²) in [6.07, 6.45) is 0.921. The van der Waals surface area contributed by atoms with Gasteiger partial charge in [0, 0.05) is 12.0 Å². The fraction of sp³-hybridized carbons (Fsp3) is 0.400. The van der Waals surface area contributed by atoms with Gasteiger partial charge in [-0.3, -0.25) is 5.10 Å². The van der Waals surface area contributed by atoms with Crippen LogP contribution in [0.15, 0.2) is 18.2 Å². The number of aromatic nitrogens is 2. The number of methoxy groups -OCH3 is 1. The molecule has 5 nitrogen and oxygen atoms in total. The molecule has 1 atom stereocenters. The SMILES string of the molecule is COc1ccc2c(c1)C(Nc1c(C)n[nH]c1C)CCO2. The van der Waals surface area contributed by atoms with Crippen LogP contribution in [0.25, 0.3) is 0 Å². The Kier molecular flexibility index (Phi) is 3.26. The van der Waals surface area contributed by atoms with E-state index in [4.69, 9.17) is 9.47 Å². The van der Waals surface area contributed by atoms with Crippen molar-refractivity contribution >= 4 is 5.69 Å². The molecule has 1 aliphatic heterocycles. The third-order valence-electron chi connectivity index (χ3n) is 3.70. The molecule has 5 heteroatoms. The van der Waals surface area contributed by atoms with Crippen molar-refractivity contribution in [1.29, 1.82) is 0 Å². The molecule has 0 saturated heterocycles. The first-order valence-corrected chi connectivity index (χ1v) is 6.78. The standard InChI is InChI=1S/C15H19N3O2/c1-9-15(10(2)18-17-9)16-13-6-7-20-14-5-4-11(19-3)8-12(13)14/h4-5,8,13,16H,6-7H2,1-3H3,(H,17,18). The highest BCUT2D eigenvalue weighted by Gasteiger charge is 2.23. The molecule has 2 N–H and O–H groups in total. The zero-order chi connectivity index (χ0) is 14.1. The third kappa shape index (κ3) is 2.19. The molecule has 2 aromatic rings. The minimum atomic E-state index is 0.212. The van der Waals surface area contributed by atoms with Crippen LogP contribution in [0.3, 0.4) is 0 Å². The number of hydrogen-bond acceptors (Lipinski definition) is 4. The molecule has 20 heavy (non-hydrogen) atoms. The molecule has 0 amide bonds. The van der Waals surface area contributed by atoms with E-state index in [1.807, 2.05) is 32.0 Å². The van der Waals surface area contributed by atoms with Gasteiger partial charge < -0.3 is 14.8 Å². The van der Waals surface area contributed by atoms with E-state index in [0.717, 1.165) is 40.6 Å². The van der Waals surface area contributed by atoms with E-state index in [2.05, 4.69) is 15.5 Å². The molecule has 3 rings (SSSR count). The molecular formula is C15H19N3O2. The lowest BCUT2D eigenvalue weighted by Crippen LogP contribution is -2.21. The molecule has 0 fully saturated rings. The van der Waals surface area contributed by atoms with E-state index in [1.165, 1.54) is 0 Å². The molecular weight excluding hydrogens is 254 g/mol. The topological polar surface area (TPSA) is 59.2 Å². The van der Waals surface area contributed by atoms with E-state index in [0.29, 0.717) is 6.61 Å². The van der Waals surface area contributed by atoms with Gasteiger partial charge in [0.15, 0.2) is 0 Å². The minimum absolute atomic E-state index is 0.212. The first-order valence-electron chi connectivity index (χ1n) is 6.78. The Morgan fingerprint density at radius 3 is 2.95 bits per heavy atom. The second-order valence-corrected chi connectivity index (χ2v) is 5.05. The number of nitrogens with one attached hydrogen (secondary N) is 2. The van der Waals surface area contributed by atoms with Crippen LogP contribution in [0.2, 0.25) is 0 Å². The smallest absolute Gasteiger partial charge is 0.124 e. The van der Waals surface area contributed by atoms with Gasteiger partial charge >= 0.3 is 0 Å². The second kappa shape index (κ2) is 5.07. The quantitative estimate of drug-likeness (QED) is 0.902. The van der Waals surface area contributed by atoms with Gasteiger partial charge in [-0.05, 0) is 32.0 Å². The van der Waals surface area contributed by atoms with Crippen molar-refractivity contribution in [3.05, 3.63) is 35.2 Å². The fourth-order valence-corrected chi connectivity index (χ4v) is 2.59. The lowest BCUT2D eigenvalue weighted by molar-refractivity contribution is 0.273. The van der Waals surface area contributed by atoms with Gasteiger partial charge in [-0.1, -0.05) is 0 Å². The number of ether oxygens (including phenoxy) is 2. The van der Waals surface area contributed by atoms with Crippen LogP contribution in [-0.4, -0.2) is 23.9 Å². The van der Waals surface area contributed by atoms with Gasteiger partial charge in [0.1, 0.15) is 11.5 Å². The maximum atomic E-state index is 5.71. The van der Waals surface area contributed by atoms with Gasteiger partial charge in [-0.25, -0.2) is 0 Å². The Morgan fingerprint density at radius 2 is 2.25 bits per heavy atom. The molecule has 0 saturated carbocycles. The summed E-state index contributed by atoms with van der Waals surface area (Å²) in [6.45, 7) is 4.73. The molecule has 0 radical (unpaired) electrons. The van der Waals surface area contributed by atoms with E-state index in [-0.39, 0.29) is 6.04 Å². The maximum absolute atomic E-state index is 5.71. The van der Waals surface area contributed by atoms with E-state index < -0.39 is 0 Å². The fourth-order valence-electron chi connectivity index (χ4n) is 2.59. The first kappa shape index (κ1) is 12.8. The largest absolute Gasteiger partial charge is 0.497 e. The predicted octanol–water partition coefficient (Wildman–Crippen LogP) is 2.97. The van der Waals surface area contributed by atoms with E-state index in [9.17, 15) is 0 Å². The van der Waals surface area contributed by atoms with Crippen molar-refractivity contribution in [2.45, 2.75) is 26.3 Å². The number of H-pyrrole nitrogens is 1. The Bertz CT molecular complexity index is 602. The molecule has 0 spiro atoms. The summed E-state index contributed by atoms with van der Waals surface area (Å²) >= 11 is 0. The number of benzene rings is 1. The average Bonchev–Trinajstić information content (AvgIpc) is 2.79. The molecule has 1 aromatic heterocycles. The number of rotatable bonds is 3. The van der Waals surface area contributed by atoms with Crippen LogP contribution in [0.5, 0.6) is 11.5 Å². The number of fused-ring (bicyclic) bond motifs is 1. The molecule has 106 valence electrons. The zero-order valence-electron chi connectivity index (χ0n) is 12.0. The molecule has 1 aromatic carbocycles. The summed E-state index contributed by atoms with van der Waals surface area (Å²) in [5.41, 5.74) is 4.25. The van der Waals surface area contributed by atoms with Crippen LogP contribution in [0.1, 0.15) is 29.4 Å². The number of hydrogen-bond donors (Lipinski definition) is 2. The molecule has 2 heterocycles. The van der Waals surface area contributed by atoms with E-state index in [1.54, 1.807) is 7.11 Å². The van der Waals surface area contributed by atoms with Crippen LogP contribution in [0, 0.1) is 13.8 Å². The van der Waals surface area contributed by atoms with Crippen molar-refractivity contribution in [2.24, 2.45) is 0 Å². The van der Waals surface area contributed by atoms with Gasteiger partial charge in [-0.2, -0.15) is 5.10 Å². The lowest BCUT2D eigenvalue weighted by atomic mass is 9.99. The van der Waals surface area contributed by atoms with Crippen LogP contribution >= 0.6 is 0 Å². The Balaban J connectivity index is 1.93. The highest BCUT2D eigenvalue weighted by atomic mass is 16.5. The van der Waals surface area contributed by atoms with Gasteiger partial charge in [0.25, 0.3) is 0 Å². The Labute approximate surface area is 118 Å². The molecule has 0 aliphatic carbocycles. The van der Waals surface area contributed by atoms with Crippen molar-refractivity contribution in [1.82, 2.24) is 10.2 Å². The van der Waals surface area contributed by atoms with Crippen molar-refractivity contribution in [3.63, 3.8) is 0 Å². The lowest BCUT2D eigenvalue weighted by Gasteiger charge is -2.28. The number of aromatic amines is 1. The zero-order valence-corrected chi connectivity index (χ0v) is 12.0. The number of aryl methyl sites for hydroxylation is 2. The number of nitrogens with zero attached hydrogens (tertiary/aromatic N) is 1. The van der Waals surface area contributed by atoms with Crippen LogP contribution in [-0.2, 0) is 0 Å². The van der Waals surface area contributed by atoms with E-state index >= 15 is 0 Å². The predicted molar refractivity (Wildman–Crippen MR) is 77.5 cm³/mol.